The zero-order valence-electron chi connectivity index (χ0n) is 12.0. The van der Waals surface area contributed by atoms with E-state index in [9.17, 15) is 0 Å². The van der Waals surface area contributed by atoms with Crippen LogP contribution in [-0.4, -0.2) is 27.1 Å². The molecule has 0 aromatic heterocycles. The van der Waals surface area contributed by atoms with Crippen molar-refractivity contribution < 1.29 is 14.2 Å². The molecule has 0 heterocycles. The van der Waals surface area contributed by atoms with E-state index >= 15 is 0 Å². The molecule has 0 spiro atoms. The predicted octanol–water partition coefficient (Wildman–Crippen LogP) is 3.76. The maximum absolute atomic E-state index is 8.61. The summed E-state index contributed by atoms with van der Waals surface area (Å²) in [7, 11) is 4.67. The van der Waals surface area contributed by atoms with E-state index in [2.05, 4.69) is 12.3 Å². The second-order valence-electron chi connectivity index (χ2n) is 4.33. The molecule has 0 N–H and O–H groups in total. The molecule has 0 saturated heterocycles. The number of thioether (sulfide) groups is 1. The highest BCUT2D eigenvalue weighted by molar-refractivity contribution is 8.03. The van der Waals surface area contributed by atoms with Crippen LogP contribution in [0.15, 0.2) is 6.07 Å². The molecular formula is C14H18ClNO3S. The third kappa shape index (κ3) is 3.87. The maximum Gasteiger partial charge on any atom is 0.205 e. The van der Waals surface area contributed by atoms with E-state index in [0.717, 1.165) is 17.7 Å². The van der Waals surface area contributed by atoms with E-state index < -0.39 is 0 Å². The number of halogens is 1. The molecule has 0 aliphatic heterocycles. The molecule has 1 atom stereocenters. The standard InChI is InChI=1S/C14H18ClNO3S/c1-9(7-20-8-16)5-10-6-11(15)13(18-3)14(19-4)12(10)17-2/h6,9H,5,7H2,1-4H3. The Hall–Kier alpha value is -1.25. The smallest absolute Gasteiger partial charge is 0.205 e. The molecule has 1 rings (SSSR count). The molecular weight excluding hydrogens is 298 g/mol. The normalized spacial score (nSPS) is 11.6. The van der Waals surface area contributed by atoms with E-state index in [1.54, 1.807) is 14.2 Å². The van der Waals surface area contributed by atoms with Crippen LogP contribution in [-0.2, 0) is 6.42 Å². The topological polar surface area (TPSA) is 51.5 Å². The van der Waals surface area contributed by atoms with Gasteiger partial charge in [-0.1, -0.05) is 18.5 Å². The van der Waals surface area contributed by atoms with Crippen molar-refractivity contribution in [1.29, 1.82) is 5.26 Å². The Morgan fingerprint density at radius 2 is 1.80 bits per heavy atom. The number of hydrogen-bond donors (Lipinski definition) is 0. The lowest BCUT2D eigenvalue weighted by molar-refractivity contribution is 0.321. The van der Waals surface area contributed by atoms with Gasteiger partial charge in [0.25, 0.3) is 0 Å². The van der Waals surface area contributed by atoms with Crippen LogP contribution in [0.25, 0.3) is 0 Å². The molecule has 4 nitrogen and oxygen atoms in total. The largest absolute Gasteiger partial charge is 0.492 e. The van der Waals surface area contributed by atoms with Crippen molar-refractivity contribution in [2.45, 2.75) is 13.3 Å². The van der Waals surface area contributed by atoms with Crippen LogP contribution >= 0.6 is 23.4 Å². The van der Waals surface area contributed by atoms with Crippen molar-refractivity contribution >= 4 is 23.4 Å². The van der Waals surface area contributed by atoms with Crippen LogP contribution in [0.2, 0.25) is 5.02 Å². The van der Waals surface area contributed by atoms with Gasteiger partial charge in [-0.25, -0.2) is 0 Å². The van der Waals surface area contributed by atoms with Gasteiger partial charge in [-0.2, -0.15) is 5.26 Å². The van der Waals surface area contributed by atoms with Crippen molar-refractivity contribution in [2.75, 3.05) is 27.1 Å². The highest BCUT2D eigenvalue weighted by Gasteiger charge is 2.21. The van der Waals surface area contributed by atoms with Crippen molar-refractivity contribution in [1.82, 2.24) is 0 Å². The number of ether oxygens (including phenoxy) is 3. The van der Waals surface area contributed by atoms with Crippen LogP contribution in [0.1, 0.15) is 12.5 Å². The van der Waals surface area contributed by atoms with Crippen LogP contribution in [0.4, 0.5) is 0 Å². The molecule has 1 aromatic carbocycles. The van der Waals surface area contributed by atoms with Crippen molar-refractivity contribution in [3.8, 4) is 22.6 Å². The third-order valence-electron chi connectivity index (χ3n) is 2.84. The van der Waals surface area contributed by atoms with E-state index in [-0.39, 0.29) is 0 Å². The number of methoxy groups -OCH3 is 3. The maximum atomic E-state index is 8.61. The fraction of sp³-hybridized carbons (Fsp3) is 0.500. The molecule has 0 radical (unpaired) electrons. The van der Waals surface area contributed by atoms with Gasteiger partial charge in [-0.3, -0.25) is 0 Å². The highest BCUT2D eigenvalue weighted by atomic mass is 35.5. The molecule has 0 bridgehead atoms. The zero-order valence-corrected chi connectivity index (χ0v) is 13.6. The first kappa shape index (κ1) is 16.8. The number of rotatable bonds is 7. The number of nitriles is 1. The van der Waals surface area contributed by atoms with E-state index in [1.807, 2.05) is 6.07 Å². The molecule has 1 aromatic rings. The average Bonchev–Trinajstić information content (AvgIpc) is 2.44. The molecule has 20 heavy (non-hydrogen) atoms. The minimum Gasteiger partial charge on any atom is -0.492 e. The minimum atomic E-state index is 0.322. The molecule has 0 saturated carbocycles. The Morgan fingerprint density at radius 1 is 1.20 bits per heavy atom. The van der Waals surface area contributed by atoms with E-state index in [0.29, 0.717) is 28.2 Å². The predicted molar refractivity (Wildman–Crippen MR) is 82.0 cm³/mol. The first-order chi connectivity index (χ1) is 9.58. The van der Waals surface area contributed by atoms with Crippen LogP contribution in [0.3, 0.4) is 0 Å². The summed E-state index contributed by atoms with van der Waals surface area (Å²) in [5.74, 6) is 2.67. The Bertz CT molecular complexity index is 502. The lowest BCUT2D eigenvalue weighted by atomic mass is 10.0. The monoisotopic (exact) mass is 315 g/mol. The summed E-state index contributed by atoms with van der Waals surface area (Å²) in [6.07, 6.45) is 0.748. The minimum absolute atomic E-state index is 0.322. The molecule has 1 unspecified atom stereocenters. The molecule has 0 amide bonds. The van der Waals surface area contributed by atoms with Gasteiger partial charge < -0.3 is 14.2 Å². The fourth-order valence-electron chi connectivity index (χ4n) is 2.01. The van der Waals surface area contributed by atoms with Gasteiger partial charge >= 0.3 is 0 Å². The molecule has 110 valence electrons. The van der Waals surface area contributed by atoms with E-state index in [4.69, 9.17) is 31.1 Å². The van der Waals surface area contributed by atoms with Crippen molar-refractivity contribution in [3.05, 3.63) is 16.7 Å². The Morgan fingerprint density at radius 3 is 2.30 bits per heavy atom. The number of nitrogens with zero attached hydrogens (tertiary/aromatic N) is 1. The van der Waals surface area contributed by atoms with Gasteiger partial charge in [-0.15, -0.1) is 0 Å². The second kappa shape index (κ2) is 8.13. The average molecular weight is 316 g/mol. The lowest BCUT2D eigenvalue weighted by Crippen LogP contribution is -2.06. The first-order valence-corrected chi connectivity index (χ1v) is 7.43. The Labute approximate surface area is 129 Å². The van der Waals surface area contributed by atoms with Crippen LogP contribution in [0.5, 0.6) is 17.2 Å². The Kier molecular flexibility index (Phi) is 6.83. The van der Waals surface area contributed by atoms with Gasteiger partial charge in [0.1, 0.15) is 5.40 Å². The van der Waals surface area contributed by atoms with Crippen LogP contribution in [0, 0.1) is 16.6 Å². The quantitative estimate of drug-likeness (QED) is 0.717. The number of benzene rings is 1. The second-order valence-corrected chi connectivity index (χ2v) is 5.54. The lowest BCUT2D eigenvalue weighted by Gasteiger charge is -2.18. The number of thiocyanates is 1. The van der Waals surface area contributed by atoms with Gasteiger partial charge in [0.15, 0.2) is 11.5 Å². The summed E-state index contributed by atoms with van der Waals surface area (Å²) in [5, 5.41) is 11.2. The first-order valence-electron chi connectivity index (χ1n) is 6.07. The van der Waals surface area contributed by atoms with Crippen molar-refractivity contribution in [2.24, 2.45) is 5.92 Å². The molecule has 0 aliphatic rings. The molecule has 0 fully saturated rings. The van der Waals surface area contributed by atoms with Gasteiger partial charge in [0, 0.05) is 11.3 Å². The SMILES string of the molecule is COc1c(Cl)cc(CC(C)CSC#N)c(OC)c1OC. The van der Waals surface area contributed by atoms with E-state index in [1.165, 1.54) is 18.9 Å². The Balaban J connectivity index is 3.13. The summed E-state index contributed by atoms with van der Waals surface area (Å²) in [5.41, 5.74) is 0.946. The highest BCUT2D eigenvalue weighted by Crippen LogP contribution is 2.45. The zero-order chi connectivity index (χ0) is 15.1. The van der Waals surface area contributed by atoms with Crippen LogP contribution < -0.4 is 14.2 Å². The van der Waals surface area contributed by atoms with Gasteiger partial charge in [0.2, 0.25) is 5.75 Å². The summed E-state index contributed by atoms with van der Waals surface area (Å²) in [4.78, 5) is 0. The molecule has 0 aliphatic carbocycles. The summed E-state index contributed by atoms with van der Waals surface area (Å²) in [6.45, 7) is 2.08. The van der Waals surface area contributed by atoms with Crippen molar-refractivity contribution in [3.63, 3.8) is 0 Å². The summed E-state index contributed by atoms with van der Waals surface area (Å²) < 4.78 is 16.0. The summed E-state index contributed by atoms with van der Waals surface area (Å²) in [6, 6.07) is 1.83. The third-order valence-corrected chi connectivity index (χ3v) is 3.98. The summed E-state index contributed by atoms with van der Waals surface area (Å²) >= 11 is 7.46. The fourth-order valence-corrected chi connectivity index (χ4v) is 2.78. The van der Waals surface area contributed by atoms with Gasteiger partial charge in [0.05, 0.1) is 26.4 Å². The molecule has 6 heteroatoms. The number of hydrogen-bond acceptors (Lipinski definition) is 5. The van der Waals surface area contributed by atoms with Gasteiger partial charge in [-0.05, 0) is 30.2 Å².